The summed E-state index contributed by atoms with van der Waals surface area (Å²) in [6, 6.07) is 16.3. The highest BCUT2D eigenvalue weighted by Crippen LogP contribution is 2.37. The fourth-order valence-electron chi connectivity index (χ4n) is 3.29. The molecule has 1 N–H and O–H groups in total. The second-order valence-electron chi connectivity index (χ2n) is 7.19. The number of nitrogens with zero attached hydrogens (tertiary/aromatic N) is 2. The number of benzene rings is 3. The molecule has 0 radical (unpaired) electrons. The first kappa shape index (κ1) is 24.5. The lowest BCUT2D eigenvalue weighted by atomic mass is 10.2. The lowest BCUT2D eigenvalue weighted by Gasteiger charge is -2.25. The molecule has 178 valence electrons. The van der Waals surface area contributed by atoms with E-state index < -0.39 is 38.0 Å². The van der Waals surface area contributed by atoms with E-state index in [1.54, 1.807) is 18.2 Å². The normalized spacial score (nSPS) is 10.9. The number of sulfonamides is 1. The lowest BCUT2D eigenvalue weighted by molar-refractivity contribution is -0.387. The summed E-state index contributed by atoms with van der Waals surface area (Å²) < 4.78 is 38.6. The third-order valence-electron chi connectivity index (χ3n) is 4.87. The Morgan fingerprint density at radius 3 is 2.41 bits per heavy atom. The Morgan fingerprint density at radius 2 is 1.76 bits per heavy atom. The number of nitro benzene ring substituents is 1. The lowest BCUT2D eigenvalue weighted by Crippen LogP contribution is -2.38. The molecule has 11 heteroatoms. The SMILES string of the molecule is COc1ccc(N(CC(=O)Nc2cccc(C)c2)S(=O)(=O)c2ccccc2[N+](=O)[O-])c(OC)c1. The van der Waals surface area contributed by atoms with Gasteiger partial charge in [-0.1, -0.05) is 24.3 Å². The highest BCUT2D eigenvalue weighted by atomic mass is 32.2. The highest BCUT2D eigenvalue weighted by Gasteiger charge is 2.34. The largest absolute Gasteiger partial charge is 0.497 e. The molecule has 0 aromatic heterocycles. The van der Waals surface area contributed by atoms with E-state index in [2.05, 4.69) is 5.32 Å². The second kappa shape index (κ2) is 10.2. The molecule has 0 aliphatic rings. The van der Waals surface area contributed by atoms with E-state index in [4.69, 9.17) is 9.47 Å². The third kappa shape index (κ3) is 5.26. The molecule has 0 atom stereocenters. The molecule has 34 heavy (non-hydrogen) atoms. The average Bonchev–Trinajstić information content (AvgIpc) is 2.82. The number of para-hydroxylation sites is 1. The first-order valence-corrected chi connectivity index (χ1v) is 11.5. The standard InChI is InChI=1S/C23H23N3O7S/c1-16-7-6-8-17(13-16)24-23(27)15-25(19-12-11-18(32-2)14-21(19)33-3)34(30,31)22-10-5-4-9-20(22)26(28)29/h4-14H,15H2,1-3H3,(H,24,27). The van der Waals surface area contributed by atoms with Crippen LogP contribution in [0.4, 0.5) is 17.1 Å². The number of ether oxygens (including phenoxy) is 2. The number of rotatable bonds is 9. The summed E-state index contributed by atoms with van der Waals surface area (Å²) in [6.45, 7) is 1.19. The van der Waals surface area contributed by atoms with Gasteiger partial charge in [-0.25, -0.2) is 8.42 Å². The van der Waals surface area contributed by atoms with E-state index in [0.29, 0.717) is 11.4 Å². The van der Waals surface area contributed by atoms with Crippen LogP contribution in [0.3, 0.4) is 0 Å². The molecule has 1 amide bonds. The second-order valence-corrected chi connectivity index (χ2v) is 9.02. The van der Waals surface area contributed by atoms with E-state index in [0.717, 1.165) is 22.0 Å². The monoisotopic (exact) mass is 485 g/mol. The van der Waals surface area contributed by atoms with Gasteiger partial charge in [0, 0.05) is 17.8 Å². The summed E-state index contributed by atoms with van der Waals surface area (Å²) >= 11 is 0. The van der Waals surface area contributed by atoms with Crippen molar-refractivity contribution in [3.05, 3.63) is 82.4 Å². The fraction of sp³-hybridized carbons (Fsp3) is 0.174. The molecule has 3 aromatic carbocycles. The Morgan fingerprint density at radius 1 is 1.03 bits per heavy atom. The number of nitrogens with one attached hydrogen (secondary N) is 1. The van der Waals surface area contributed by atoms with Gasteiger partial charge in [0.15, 0.2) is 4.90 Å². The molecule has 0 aliphatic heterocycles. The fourth-order valence-corrected chi connectivity index (χ4v) is 4.88. The maximum atomic E-state index is 13.7. The van der Waals surface area contributed by atoms with Crippen LogP contribution >= 0.6 is 0 Å². The first-order chi connectivity index (χ1) is 16.2. The van der Waals surface area contributed by atoms with Gasteiger partial charge in [-0.05, 0) is 42.8 Å². The minimum Gasteiger partial charge on any atom is -0.497 e. The third-order valence-corrected chi connectivity index (χ3v) is 6.68. The van der Waals surface area contributed by atoms with Crippen LogP contribution in [0.25, 0.3) is 0 Å². The van der Waals surface area contributed by atoms with Crippen molar-refractivity contribution >= 4 is 33.0 Å². The molecular formula is C23H23N3O7S. The molecule has 0 saturated heterocycles. The molecule has 0 saturated carbocycles. The maximum Gasteiger partial charge on any atom is 0.289 e. The number of anilines is 2. The van der Waals surface area contributed by atoms with Gasteiger partial charge in [-0.3, -0.25) is 19.2 Å². The molecule has 10 nitrogen and oxygen atoms in total. The molecule has 0 bridgehead atoms. The maximum absolute atomic E-state index is 13.7. The molecule has 0 heterocycles. The van der Waals surface area contributed by atoms with Crippen molar-refractivity contribution in [3.63, 3.8) is 0 Å². The van der Waals surface area contributed by atoms with Crippen LogP contribution in [0.15, 0.2) is 71.6 Å². The van der Waals surface area contributed by atoms with Crippen molar-refractivity contribution in [1.82, 2.24) is 0 Å². The van der Waals surface area contributed by atoms with Crippen LogP contribution in [0.2, 0.25) is 0 Å². The molecule has 0 fully saturated rings. The first-order valence-electron chi connectivity index (χ1n) is 10.0. The predicted octanol–water partition coefficient (Wildman–Crippen LogP) is 3.75. The van der Waals surface area contributed by atoms with Crippen LogP contribution in [-0.4, -0.2) is 40.0 Å². The quantitative estimate of drug-likeness (QED) is 0.361. The summed E-state index contributed by atoms with van der Waals surface area (Å²) in [6.07, 6.45) is 0. The molecule has 3 rings (SSSR count). The molecule has 0 aliphatic carbocycles. The van der Waals surface area contributed by atoms with Crippen LogP contribution in [0.1, 0.15) is 5.56 Å². The van der Waals surface area contributed by atoms with Crippen LogP contribution in [0, 0.1) is 17.0 Å². The van der Waals surface area contributed by atoms with Gasteiger partial charge in [0.1, 0.15) is 18.0 Å². The number of amides is 1. The van der Waals surface area contributed by atoms with Crippen molar-refractivity contribution in [2.75, 3.05) is 30.4 Å². The van der Waals surface area contributed by atoms with Gasteiger partial charge in [0.25, 0.3) is 15.7 Å². The number of carbonyl (C=O) groups is 1. The van der Waals surface area contributed by atoms with E-state index in [1.165, 1.54) is 44.6 Å². The number of nitro groups is 1. The number of hydrogen-bond acceptors (Lipinski definition) is 7. The summed E-state index contributed by atoms with van der Waals surface area (Å²) in [5.74, 6) is -0.150. The number of methoxy groups -OCH3 is 2. The van der Waals surface area contributed by atoms with Gasteiger partial charge in [-0.15, -0.1) is 0 Å². The zero-order valence-electron chi connectivity index (χ0n) is 18.7. The van der Waals surface area contributed by atoms with Crippen LogP contribution in [-0.2, 0) is 14.8 Å². The Hall–Kier alpha value is -4.12. The Kier molecular flexibility index (Phi) is 7.37. The van der Waals surface area contributed by atoms with Gasteiger partial charge < -0.3 is 14.8 Å². The van der Waals surface area contributed by atoms with Crippen molar-refractivity contribution in [1.29, 1.82) is 0 Å². The van der Waals surface area contributed by atoms with Crippen LogP contribution in [0.5, 0.6) is 11.5 Å². The summed E-state index contributed by atoms with van der Waals surface area (Å²) in [5.41, 5.74) is 0.786. The predicted molar refractivity (Wildman–Crippen MR) is 127 cm³/mol. The number of aryl methyl sites for hydroxylation is 1. The highest BCUT2D eigenvalue weighted by molar-refractivity contribution is 7.93. The zero-order chi connectivity index (χ0) is 24.9. The van der Waals surface area contributed by atoms with Crippen molar-refractivity contribution in [3.8, 4) is 11.5 Å². The smallest absolute Gasteiger partial charge is 0.289 e. The topological polar surface area (TPSA) is 128 Å². The summed E-state index contributed by atoms with van der Waals surface area (Å²) in [5, 5.41) is 14.2. The van der Waals surface area contributed by atoms with E-state index in [9.17, 15) is 23.3 Å². The van der Waals surface area contributed by atoms with Crippen molar-refractivity contribution < 1.29 is 27.6 Å². The van der Waals surface area contributed by atoms with Gasteiger partial charge >= 0.3 is 0 Å². The molecule has 0 spiro atoms. The molecular weight excluding hydrogens is 462 g/mol. The Labute approximate surface area is 196 Å². The van der Waals surface area contributed by atoms with Crippen molar-refractivity contribution in [2.24, 2.45) is 0 Å². The molecule has 3 aromatic rings. The minimum absolute atomic E-state index is 0.0147. The van der Waals surface area contributed by atoms with E-state index in [-0.39, 0.29) is 11.4 Å². The van der Waals surface area contributed by atoms with Crippen molar-refractivity contribution in [2.45, 2.75) is 11.8 Å². The zero-order valence-corrected chi connectivity index (χ0v) is 19.5. The van der Waals surface area contributed by atoms with Gasteiger partial charge in [-0.2, -0.15) is 0 Å². The summed E-state index contributed by atoms with van der Waals surface area (Å²) in [4.78, 5) is 23.1. The average molecular weight is 486 g/mol. The van der Waals surface area contributed by atoms with Gasteiger partial charge in [0.2, 0.25) is 5.91 Å². The Bertz CT molecular complexity index is 1330. The Balaban J connectivity index is 2.11. The van der Waals surface area contributed by atoms with E-state index in [1.807, 2.05) is 13.0 Å². The summed E-state index contributed by atoms with van der Waals surface area (Å²) in [7, 11) is -1.80. The number of carbonyl (C=O) groups excluding carboxylic acids is 1. The minimum atomic E-state index is -4.57. The van der Waals surface area contributed by atoms with Gasteiger partial charge in [0.05, 0.1) is 24.8 Å². The van der Waals surface area contributed by atoms with Crippen LogP contribution < -0.4 is 19.1 Å². The van der Waals surface area contributed by atoms with E-state index >= 15 is 0 Å². The number of hydrogen-bond donors (Lipinski definition) is 1. The molecule has 0 unspecified atom stereocenters.